The summed E-state index contributed by atoms with van der Waals surface area (Å²) in [4.78, 5) is 0. The first-order valence-electron chi connectivity index (χ1n) is 5.12. The van der Waals surface area contributed by atoms with E-state index in [9.17, 15) is 0 Å². The zero-order valence-corrected chi connectivity index (χ0v) is 8.73. The van der Waals surface area contributed by atoms with Gasteiger partial charge >= 0.3 is 0 Å². The topological polar surface area (TPSA) is 38.1 Å². The Bertz CT molecular complexity index is 409. The average Bonchev–Trinajstić information content (AvgIpc) is 2.76. The van der Waals surface area contributed by atoms with Crippen LogP contribution >= 0.6 is 0 Å². The number of aromatic nitrogens is 1. The van der Waals surface area contributed by atoms with E-state index < -0.39 is 0 Å². The number of hydrogen-bond acceptors (Lipinski definition) is 3. The Hall–Kier alpha value is -1.77. The maximum Gasteiger partial charge on any atom is 0.169 e. The molecular weight excluding hydrogens is 188 g/mol. The molecule has 0 saturated heterocycles. The van der Waals surface area contributed by atoms with Crippen molar-refractivity contribution in [3.05, 3.63) is 47.7 Å². The lowest BCUT2D eigenvalue weighted by atomic mass is 10.2. The van der Waals surface area contributed by atoms with Crippen molar-refractivity contribution in [1.29, 1.82) is 0 Å². The second kappa shape index (κ2) is 4.64. The lowest BCUT2D eigenvalue weighted by Crippen LogP contribution is -1.98. The van der Waals surface area contributed by atoms with Crippen LogP contribution in [-0.2, 0) is 13.0 Å². The smallest absolute Gasteiger partial charge is 0.169 e. The molecule has 0 unspecified atom stereocenters. The van der Waals surface area contributed by atoms with E-state index in [1.54, 1.807) is 0 Å². The molecule has 0 aliphatic rings. The molecule has 1 aromatic heterocycles. The highest BCUT2D eigenvalue weighted by atomic mass is 16.5. The van der Waals surface area contributed by atoms with Crippen molar-refractivity contribution >= 4 is 5.82 Å². The quantitative estimate of drug-likeness (QED) is 0.828. The Morgan fingerprint density at radius 3 is 2.73 bits per heavy atom. The fourth-order valence-electron chi connectivity index (χ4n) is 1.35. The van der Waals surface area contributed by atoms with Gasteiger partial charge in [0.05, 0.1) is 0 Å². The van der Waals surface area contributed by atoms with E-state index in [-0.39, 0.29) is 0 Å². The molecule has 2 aromatic rings. The van der Waals surface area contributed by atoms with Crippen molar-refractivity contribution in [2.45, 2.75) is 19.9 Å². The Kier molecular flexibility index (Phi) is 3.02. The average molecular weight is 202 g/mol. The maximum atomic E-state index is 5.09. The van der Waals surface area contributed by atoms with Gasteiger partial charge in [0.25, 0.3) is 0 Å². The van der Waals surface area contributed by atoms with Gasteiger partial charge in [-0.2, -0.15) is 0 Å². The summed E-state index contributed by atoms with van der Waals surface area (Å²) in [5, 5.41) is 7.13. The third-order valence-corrected chi connectivity index (χ3v) is 2.22. The van der Waals surface area contributed by atoms with Crippen LogP contribution in [0.5, 0.6) is 0 Å². The highest BCUT2D eigenvalue weighted by molar-refractivity contribution is 5.35. The maximum absolute atomic E-state index is 5.09. The first-order chi connectivity index (χ1) is 7.38. The van der Waals surface area contributed by atoms with E-state index >= 15 is 0 Å². The number of benzene rings is 1. The summed E-state index contributed by atoms with van der Waals surface area (Å²) < 4.78 is 5.09. The molecule has 3 heteroatoms. The molecule has 0 aliphatic carbocycles. The number of nitrogens with zero attached hydrogens (tertiary/aromatic N) is 1. The van der Waals surface area contributed by atoms with Crippen molar-refractivity contribution in [2.75, 3.05) is 5.32 Å². The zero-order valence-electron chi connectivity index (χ0n) is 8.73. The van der Waals surface area contributed by atoms with Crippen LogP contribution in [0, 0.1) is 0 Å². The van der Waals surface area contributed by atoms with Crippen LogP contribution < -0.4 is 5.32 Å². The molecule has 0 radical (unpaired) electrons. The van der Waals surface area contributed by atoms with Crippen LogP contribution in [0.1, 0.15) is 18.2 Å². The summed E-state index contributed by atoms with van der Waals surface area (Å²) in [6.07, 6.45) is 0.875. The normalized spacial score (nSPS) is 10.2. The van der Waals surface area contributed by atoms with Crippen LogP contribution in [-0.4, -0.2) is 5.16 Å². The number of nitrogens with one attached hydrogen (secondary N) is 1. The Morgan fingerprint density at radius 1 is 1.27 bits per heavy atom. The van der Waals surface area contributed by atoms with E-state index in [4.69, 9.17) is 4.52 Å². The van der Waals surface area contributed by atoms with Crippen LogP contribution in [0.4, 0.5) is 5.82 Å². The molecule has 0 aliphatic heterocycles. The van der Waals surface area contributed by atoms with E-state index in [1.165, 1.54) is 5.56 Å². The van der Waals surface area contributed by atoms with Gasteiger partial charge in [0, 0.05) is 19.0 Å². The monoisotopic (exact) mass is 202 g/mol. The Labute approximate surface area is 89.1 Å². The largest absolute Gasteiger partial charge is 0.363 e. The minimum absolute atomic E-state index is 0.774. The number of anilines is 1. The first kappa shape index (κ1) is 9.77. The predicted octanol–water partition coefficient (Wildman–Crippen LogP) is 2.85. The van der Waals surface area contributed by atoms with E-state index in [0.717, 1.165) is 24.5 Å². The molecule has 1 aromatic carbocycles. The third-order valence-electron chi connectivity index (χ3n) is 2.22. The predicted molar refractivity (Wildman–Crippen MR) is 59.6 cm³/mol. The van der Waals surface area contributed by atoms with Crippen molar-refractivity contribution in [3.8, 4) is 0 Å². The molecule has 3 nitrogen and oxygen atoms in total. The van der Waals surface area contributed by atoms with Crippen molar-refractivity contribution in [2.24, 2.45) is 0 Å². The zero-order chi connectivity index (χ0) is 10.5. The SMILES string of the molecule is CCc1cc(NCc2ccccc2)no1. The molecule has 1 N–H and O–H groups in total. The lowest BCUT2D eigenvalue weighted by molar-refractivity contribution is 0.389. The van der Waals surface area contributed by atoms with Gasteiger partial charge in [-0.25, -0.2) is 0 Å². The summed E-state index contributed by atoms with van der Waals surface area (Å²) in [6, 6.07) is 12.1. The molecule has 78 valence electrons. The minimum atomic E-state index is 0.774. The molecule has 15 heavy (non-hydrogen) atoms. The van der Waals surface area contributed by atoms with Gasteiger partial charge < -0.3 is 9.84 Å². The van der Waals surface area contributed by atoms with Gasteiger partial charge in [0.2, 0.25) is 0 Å². The van der Waals surface area contributed by atoms with Crippen molar-refractivity contribution < 1.29 is 4.52 Å². The molecule has 0 bridgehead atoms. The van der Waals surface area contributed by atoms with Gasteiger partial charge in [-0.1, -0.05) is 42.4 Å². The second-order valence-corrected chi connectivity index (χ2v) is 3.37. The minimum Gasteiger partial charge on any atom is -0.363 e. The lowest BCUT2D eigenvalue weighted by Gasteiger charge is -2.00. The molecule has 0 spiro atoms. The van der Waals surface area contributed by atoms with Gasteiger partial charge in [0.15, 0.2) is 5.82 Å². The van der Waals surface area contributed by atoms with E-state index in [0.29, 0.717) is 0 Å². The fraction of sp³-hybridized carbons (Fsp3) is 0.250. The van der Waals surface area contributed by atoms with E-state index in [1.807, 2.05) is 31.2 Å². The Balaban J connectivity index is 1.93. The van der Waals surface area contributed by atoms with Crippen LogP contribution in [0.15, 0.2) is 40.9 Å². The Morgan fingerprint density at radius 2 is 2.07 bits per heavy atom. The van der Waals surface area contributed by atoms with Gasteiger partial charge in [0.1, 0.15) is 5.76 Å². The van der Waals surface area contributed by atoms with Gasteiger partial charge in [-0.05, 0) is 5.56 Å². The standard InChI is InChI=1S/C12H14N2O/c1-2-11-8-12(14-15-11)13-9-10-6-4-3-5-7-10/h3-8H,2,9H2,1H3,(H,13,14). The van der Waals surface area contributed by atoms with Gasteiger partial charge in [-0.15, -0.1) is 0 Å². The molecule has 1 heterocycles. The number of aryl methyl sites for hydroxylation is 1. The van der Waals surface area contributed by atoms with Crippen LogP contribution in [0.25, 0.3) is 0 Å². The second-order valence-electron chi connectivity index (χ2n) is 3.37. The summed E-state index contributed by atoms with van der Waals surface area (Å²) in [7, 11) is 0. The fourth-order valence-corrected chi connectivity index (χ4v) is 1.35. The molecule has 2 rings (SSSR count). The van der Waals surface area contributed by atoms with E-state index in [2.05, 4.69) is 22.6 Å². The molecule has 0 amide bonds. The van der Waals surface area contributed by atoms with Crippen LogP contribution in [0.2, 0.25) is 0 Å². The van der Waals surface area contributed by atoms with Crippen molar-refractivity contribution in [3.63, 3.8) is 0 Å². The summed E-state index contributed by atoms with van der Waals surface area (Å²) >= 11 is 0. The molecule has 0 fully saturated rings. The number of hydrogen-bond donors (Lipinski definition) is 1. The van der Waals surface area contributed by atoms with Gasteiger partial charge in [-0.3, -0.25) is 0 Å². The summed E-state index contributed by atoms with van der Waals surface area (Å²) in [5.74, 6) is 1.71. The summed E-state index contributed by atoms with van der Waals surface area (Å²) in [5.41, 5.74) is 1.23. The highest BCUT2D eigenvalue weighted by Crippen LogP contribution is 2.10. The van der Waals surface area contributed by atoms with Crippen LogP contribution in [0.3, 0.4) is 0 Å². The first-order valence-corrected chi connectivity index (χ1v) is 5.12. The highest BCUT2D eigenvalue weighted by Gasteiger charge is 2.00. The molecular formula is C12H14N2O. The number of rotatable bonds is 4. The molecule has 0 atom stereocenters. The molecule has 0 saturated carbocycles. The summed E-state index contributed by atoms with van der Waals surface area (Å²) in [6.45, 7) is 2.82. The van der Waals surface area contributed by atoms with Crippen molar-refractivity contribution in [1.82, 2.24) is 5.16 Å². The third kappa shape index (κ3) is 2.59.